The monoisotopic (exact) mass is 435 g/mol. The van der Waals surface area contributed by atoms with Gasteiger partial charge in [-0.3, -0.25) is 4.98 Å². The van der Waals surface area contributed by atoms with Crippen LogP contribution in [-0.4, -0.2) is 54.9 Å². The highest BCUT2D eigenvalue weighted by atomic mass is 32.1. The van der Waals surface area contributed by atoms with Gasteiger partial charge in [-0.25, -0.2) is 4.99 Å². The first kappa shape index (κ1) is 21.0. The lowest BCUT2D eigenvalue weighted by Gasteiger charge is -2.32. The molecule has 0 atom stereocenters. The highest BCUT2D eigenvalue weighted by molar-refractivity contribution is 7.16. The van der Waals surface area contributed by atoms with Crippen LogP contribution in [0.2, 0.25) is 0 Å². The predicted octanol–water partition coefficient (Wildman–Crippen LogP) is 1.47. The van der Waals surface area contributed by atoms with Crippen LogP contribution in [-0.2, 0) is 0 Å². The number of carboxylic acid groups (broad SMARTS) is 1. The molecule has 0 amide bonds. The number of carbonyl (C=O) groups excluding carboxylic acids is 1. The van der Waals surface area contributed by atoms with Crippen molar-refractivity contribution in [1.82, 2.24) is 9.88 Å². The summed E-state index contributed by atoms with van der Waals surface area (Å²) in [5.41, 5.74) is 3.49. The van der Waals surface area contributed by atoms with Crippen LogP contribution in [0.1, 0.15) is 20.8 Å². The van der Waals surface area contributed by atoms with Gasteiger partial charge in [-0.1, -0.05) is 18.2 Å². The Bertz CT molecular complexity index is 1090. The number of pyridine rings is 1. The van der Waals surface area contributed by atoms with Crippen molar-refractivity contribution in [3.05, 3.63) is 70.9 Å². The Kier molecular flexibility index (Phi) is 6.29. The molecule has 160 valence electrons. The minimum Gasteiger partial charge on any atom is -0.545 e. The first-order valence-corrected chi connectivity index (χ1v) is 11.1. The van der Waals surface area contributed by atoms with E-state index in [0.717, 1.165) is 30.3 Å². The number of fused-ring (bicyclic) bond motifs is 2. The number of hydrogen-bond acceptors (Lipinski definition) is 7. The summed E-state index contributed by atoms with van der Waals surface area (Å²) in [6.45, 7) is 6.65. The maximum atomic E-state index is 10.0. The molecule has 0 bridgehead atoms. The number of para-hydroxylation sites is 2. The molecule has 4 heterocycles. The maximum absolute atomic E-state index is 10.0. The van der Waals surface area contributed by atoms with E-state index in [1.165, 1.54) is 47.0 Å². The number of aromatic nitrogens is 1. The number of hydrogen-bond donors (Lipinski definition) is 2. The molecule has 8 heteroatoms. The van der Waals surface area contributed by atoms with Gasteiger partial charge in [0.15, 0.2) is 0 Å². The molecule has 0 unspecified atom stereocenters. The third kappa shape index (κ3) is 4.92. The molecule has 7 nitrogen and oxygen atoms in total. The number of aryl methyl sites for hydroxylation is 1. The Labute approximate surface area is 185 Å². The van der Waals surface area contributed by atoms with Crippen molar-refractivity contribution >= 4 is 39.5 Å². The van der Waals surface area contributed by atoms with Crippen molar-refractivity contribution < 1.29 is 14.8 Å². The maximum Gasteiger partial charge on any atom is 0.140 e. The first-order chi connectivity index (χ1) is 15.0. The molecule has 2 N–H and O–H groups in total. The number of aliphatic imine (C=N–C) groups is 1. The fourth-order valence-electron chi connectivity index (χ4n) is 3.57. The number of quaternary nitrogens is 1. The molecule has 1 saturated heterocycles. The molecule has 1 aromatic carbocycles. The van der Waals surface area contributed by atoms with E-state index in [1.54, 1.807) is 11.0 Å². The van der Waals surface area contributed by atoms with Gasteiger partial charge in [-0.2, -0.15) is 0 Å². The number of thiophene rings is 1. The minimum absolute atomic E-state index is 0.109. The van der Waals surface area contributed by atoms with Crippen LogP contribution in [0.25, 0.3) is 0 Å². The van der Waals surface area contributed by atoms with Gasteiger partial charge in [0.1, 0.15) is 10.8 Å². The van der Waals surface area contributed by atoms with Gasteiger partial charge >= 0.3 is 0 Å². The lowest BCUT2D eigenvalue weighted by molar-refractivity contribution is -0.883. The molecule has 2 aliphatic heterocycles. The van der Waals surface area contributed by atoms with Crippen LogP contribution >= 0.6 is 11.3 Å². The standard InChI is InChI=1S/C17H20N4S.C6H5NO2/c1-12-11-13-16(21-9-7-20(2)8-10-21)18-14-5-3-4-6-15(14)19-17(13)22-12;8-6(9)5-2-1-3-7-4-5/h3-6,11,19H,7-10H2,1-2H3;1-4H,(H,8,9). The highest BCUT2D eigenvalue weighted by Gasteiger charge is 2.26. The fourth-order valence-corrected chi connectivity index (χ4v) is 4.49. The topological polar surface area (TPSA) is 85.1 Å². The van der Waals surface area contributed by atoms with Gasteiger partial charge < -0.3 is 25.0 Å². The van der Waals surface area contributed by atoms with Crippen molar-refractivity contribution in [3.63, 3.8) is 0 Å². The summed E-state index contributed by atoms with van der Waals surface area (Å²) in [5, 5.41) is 14.8. The van der Waals surface area contributed by atoms with Crippen molar-refractivity contribution in [1.29, 1.82) is 0 Å². The number of aromatic carboxylic acids is 1. The van der Waals surface area contributed by atoms with Gasteiger partial charge in [0.05, 0.1) is 56.1 Å². The number of carboxylic acids is 1. The SMILES string of the molecule is Cc1cc2c(s1)Nc1ccccc1N=C2N1CC[NH+](C)CC1.O=C([O-])c1cccnc1. The van der Waals surface area contributed by atoms with Gasteiger partial charge in [0.25, 0.3) is 0 Å². The van der Waals surface area contributed by atoms with Crippen LogP contribution < -0.4 is 15.3 Å². The van der Waals surface area contributed by atoms with E-state index in [-0.39, 0.29) is 5.56 Å². The molecule has 0 radical (unpaired) electrons. The highest BCUT2D eigenvalue weighted by Crippen LogP contribution is 2.38. The van der Waals surface area contributed by atoms with Crippen LogP contribution in [0.15, 0.2) is 59.9 Å². The normalized spacial score (nSPS) is 15.4. The van der Waals surface area contributed by atoms with Gasteiger partial charge in [-0.05, 0) is 31.2 Å². The molecular weight excluding hydrogens is 410 g/mol. The zero-order chi connectivity index (χ0) is 21.8. The molecule has 5 rings (SSSR count). The zero-order valence-corrected chi connectivity index (χ0v) is 18.4. The first-order valence-electron chi connectivity index (χ1n) is 10.2. The largest absolute Gasteiger partial charge is 0.545 e. The molecule has 1 fully saturated rings. The summed E-state index contributed by atoms with van der Waals surface area (Å²) >= 11 is 1.81. The van der Waals surface area contributed by atoms with Crippen molar-refractivity contribution in [2.45, 2.75) is 6.92 Å². The third-order valence-corrected chi connectivity index (χ3v) is 6.25. The Balaban J connectivity index is 0.000000217. The molecule has 0 aliphatic carbocycles. The Morgan fingerprint density at radius 3 is 2.65 bits per heavy atom. The van der Waals surface area contributed by atoms with Crippen LogP contribution in [0.4, 0.5) is 16.4 Å². The van der Waals surface area contributed by atoms with E-state index in [1.807, 2.05) is 11.3 Å². The summed E-state index contributed by atoms with van der Waals surface area (Å²) < 4.78 is 0. The second-order valence-corrected chi connectivity index (χ2v) is 8.91. The average Bonchev–Trinajstić information content (AvgIpc) is 3.07. The van der Waals surface area contributed by atoms with E-state index >= 15 is 0 Å². The van der Waals surface area contributed by atoms with Crippen LogP contribution in [0.3, 0.4) is 0 Å². The smallest absolute Gasteiger partial charge is 0.140 e. The molecule has 0 spiro atoms. The van der Waals surface area contributed by atoms with Gasteiger partial charge in [0.2, 0.25) is 0 Å². The summed E-state index contributed by atoms with van der Waals surface area (Å²) in [4.78, 5) is 24.0. The average molecular weight is 436 g/mol. The number of nitrogens with zero attached hydrogens (tertiary/aromatic N) is 3. The number of likely N-dealkylation sites (N-methyl/N-ethyl adjacent to an activating group) is 1. The van der Waals surface area contributed by atoms with E-state index in [9.17, 15) is 9.90 Å². The quantitative estimate of drug-likeness (QED) is 0.605. The van der Waals surface area contributed by atoms with E-state index in [0.29, 0.717) is 0 Å². The summed E-state index contributed by atoms with van der Waals surface area (Å²) in [6, 6.07) is 13.6. The Hall–Kier alpha value is -3.23. The predicted molar refractivity (Wildman–Crippen MR) is 122 cm³/mol. The molecule has 31 heavy (non-hydrogen) atoms. The number of carbonyl (C=O) groups is 1. The van der Waals surface area contributed by atoms with Crippen molar-refractivity contribution in [2.75, 3.05) is 38.5 Å². The number of benzene rings is 1. The molecule has 3 aromatic rings. The third-order valence-electron chi connectivity index (χ3n) is 5.29. The van der Waals surface area contributed by atoms with Gasteiger partial charge in [-0.15, -0.1) is 11.3 Å². The Morgan fingerprint density at radius 2 is 1.97 bits per heavy atom. The molecule has 2 aromatic heterocycles. The number of piperazine rings is 1. The summed E-state index contributed by atoms with van der Waals surface area (Å²) in [5.74, 6) is -0.0626. The van der Waals surface area contributed by atoms with E-state index < -0.39 is 5.97 Å². The summed E-state index contributed by atoms with van der Waals surface area (Å²) in [6.07, 6.45) is 2.75. The van der Waals surface area contributed by atoms with Crippen molar-refractivity contribution in [2.24, 2.45) is 4.99 Å². The number of amidine groups is 1. The van der Waals surface area contributed by atoms with E-state index in [2.05, 4.69) is 59.5 Å². The second-order valence-electron chi connectivity index (χ2n) is 7.65. The van der Waals surface area contributed by atoms with Gasteiger partial charge in [0, 0.05) is 22.8 Å². The van der Waals surface area contributed by atoms with Crippen LogP contribution in [0, 0.1) is 6.92 Å². The molecular formula is C23H25N5O2S. The number of nitrogens with one attached hydrogen (secondary N) is 2. The van der Waals surface area contributed by atoms with E-state index in [4.69, 9.17) is 4.99 Å². The fraction of sp³-hybridized carbons (Fsp3) is 0.261. The molecule has 0 saturated carbocycles. The van der Waals surface area contributed by atoms with Crippen LogP contribution in [0.5, 0.6) is 0 Å². The number of rotatable bonds is 1. The van der Waals surface area contributed by atoms with Crippen molar-refractivity contribution in [3.8, 4) is 0 Å². The summed E-state index contributed by atoms with van der Waals surface area (Å²) in [7, 11) is 2.27. The Morgan fingerprint density at radius 1 is 1.19 bits per heavy atom. The second kappa shape index (κ2) is 9.28. The molecule has 2 aliphatic rings. The number of anilines is 2. The minimum atomic E-state index is -1.19. The zero-order valence-electron chi connectivity index (χ0n) is 17.6. The lowest BCUT2D eigenvalue weighted by Crippen LogP contribution is -3.12. The lowest BCUT2D eigenvalue weighted by atomic mass is 10.2.